The van der Waals surface area contributed by atoms with Gasteiger partial charge in [0.25, 0.3) is 0 Å². The molecule has 4 aliphatic rings. The number of pyridine rings is 1. The number of hydrogen-bond acceptors (Lipinski definition) is 10. The fraction of sp³-hybridized carbons (Fsp3) is 0.540. The number of halogens is 2. The van der Waals surface area contributed by atoms with E-state index in [0.717, 1.165) is 80.2 Å². The first-order valence-corrected chi connectivity index (χ1v) is 26.5. The van der Waals surface area contributed by atoms with E-state index in [0.29, 0.717) is 65.9 Å². The van der Waals surface area contributed by atoms with Crippen molar-refractivity contribution in [2.45, 2.75) is 140 Å². The Kier molecular flexibility index (Phi) is 10.9. The molecule has 2 aromatic carbocycles. The number of carbonyl (C=O) groups is 1. The molecule has 8 heterocycles. The maximum Gasteiger partial charge on any atom is 0.410 e. The second-order valence-electron chi connectivity index (χ2n) is 20.9. The number of carbonyl (C=O) groups excluding carboxylic acids is 1. The number of rotatable bonds is 8. The van der Waals surface area contributed by atoms with Crippen LogP contribution >= 0.6 is 11.3 Å². The number of nitrogens with zero attached hydrogens (tertiary/aromatic N) is 7. The van der Waals surface area contributed by atoms with Crippen molar-refractivity contribution in [2.75, 3.05) is 37.7 Å². The molecule has 6 aromatic rings. The van der Waals surface area contributed by atoms with Crippen molar-refractivity contribution in [3.8, 4) is 28.7 Å². The fourth-order valence-corrected chi connectivity index (χ4v) is 18.6. The number of alkyl halides is 1. The third-order valence-corrected chi connectivity index (χ3v) is 22.4. The SMILES string of the molecule is CC(C)[Si](C#Cc1c(F)ccc2cc3[nH]ncc3c(-c3nccc4c3sc3nc(OC[C@@]56CCCN5C[C@H](F)C6)nc(N5C[C@H]6CC[C@@H](C5)N6C(=O)OC(C)(C)C)c34)c12)(C(C)C)C(C)C. The number of H-pyrrole nitrogens is 1. The van der Waals surface area contributed by atoms with E-state index in [9.17, 15) is 9.18 Å². The summed E-state index contributed by atoms with van der Waals surface area (Å²) >= 11 is 1.51. The molecule has 0 radical (unpaired) electrons. The smallest absolute Gasteiger partial charge is 0.410 e. The zero-order chi connectivity index (χ0) is 45.7. The lowest BCUT2D eigenvalue weighted by atomic mass is 9.93. The number of nitrogens with one attached hydrogen (secondary N) is 1. The van der Waals surface area contributed by atoms with Crippen molar-refractivity contribution in [2.24, 2.45) is 0 Å². The molecular formula is C50H60F2N8O3SSi. The molecular weight excluding hydrogens is 859 g/mol. The van der Waals surface area contributed by atoms with Crippen LogP contribution < -0.4 is 9.64 Å². The Balaban J connectivity index is 1.16. The molecule has 15 heteroatoms. The van der Waals surface area contributed by atoms with Gasteiger partial charge in [-0.25, -0.2) is 13.6 Å². The van der Waals surface area contributed by atoms with Crippen LogP contribution in [0.3, 0.4) is 0 Å². The average Bonchev–Trinajstić information content (AvgIpc) is 4.06. The Morgan fingerprint density at radius 1 is 1.02 bits per heavy atom. The summed E-state index contributed by atoms with van der Waals surface area (Å²) in [6.07, 6.45) is 6.46. The summed E-state index contributed by atoms with van der Waals surface area (Å²) in [6, 6.07) is 7.50. The van der Waals surface area contributed by atoms with E-state index in [1.165, 1.54) is 17.4 Å². The van der Waals surface area contributed by atoms with Gasteiger partial charge in [-0.05, 0) is 93.2 Å². The molecule has 1 amide bonds. The Morgan fingerprint density at radius 3 is 2.46 bits per heavy atom. The van der Waals surface area contributed by atoms with Gasteiger partial charge in [-0.1, -0.05) is 53.5 Å². The number of aromatic nitrogens is 5. The molecule has 4 aromatic heterocycles. The zero-order valence-corrected chi connectivity index (χ0v) is 40.8. The third kappa shape index (κ3) is 7.33. The van der Waals surface area contributed by atoms with Gasteiger partial charge >= 0.3 is 12.1 Å². The van der Waals surface area contributed by atoms with Crippen molar-refractivity contribution >= 4 is 73.3 Å². The molecule has 1 N–H and O–H groups in total. The predicted molar refractivity (Wildman–Crippen MR) is 259 cm³/mol. The van der Waals surface area contributed by atoms with E-state index in [1.54, 1.807) is 6.20 Å². The quantitative estimate of drug-likeness (QED) is 0.118. The summed E-state index contributed by atoms with van der Waals surface area (Å²) in [5.74, 6) is 3.87. The van der Waals surface area contributed by atoms with Gasteiger partial charge < -0.3 is 14.4 Å². The molecule has 4 atom stereocenters. The number of amides is 1. The van der Waals surface area contributed by atoms with Crippen LogP contribution in [0.4, 0.5) is 19.4 Å². The number of piperazine rings is 1. The van der Waals surface area contributed by atoms with Gasteiger partial charge in [-0.3, -0.25) is 19.9 Å². The Morgan fingerprint density at radius 2 is 1.75 bits per heavy atom. The van der Waals surface area contributed by atoms with E-state index in [4.69, 9.17) is 24.4 Å². The molecule has 0 unspecified atom stereocenters. The van der Waals surface area contributed by atoms with Gasteiger partial charge in [0.05, 0.1) is 50.7 Å². The summed E-state index contributed by atoms with van der Waals surface area (Å²) < 4.78 is 44.8. The molecule has 4 aliphatic heterocycles. The lowest BCUT2D eigenvalue weighted by Crippen LogP contribution is -2.57. The van der Waals surface area contributed by atoms with E-state index >= 15 is 4.39 Å². The number of thiophene rings is 1. The first-order valence-electron chi connectivity index (χ1n) is 23.5. The highest BCUT2D eigenvalue weighted by molar-refractivity contribution is 7.26. The zero-order valence-electron chi connectivity index (χ0n) is 39.0. The maximum atomic E-state index is 16.6. The molecule has 0 saturated carbocycles. The summed E-state index contributed by atoms with van der Waals surface area (Å²) in [6.45, 7) is 22.0. The molecule has 10 rings (SSSR count). The van der Waals surface area contributed by atoms with Gasteiger partial charge in [0.15, 0.2) is 0 Å². The molecule has 11 nitrogen and oxygen atoms in total. The van der Waals surface area contributed by atoms with Crippen molar-refractivity contribution in [3.63, 3.8) is 0 Å². The molecule has 342 valence electrons. The van der Waals surface area contributed by atoms with Crippen LogP contribution in [-0.4, -0.2) is 111 Å². The van der Waals surface area contributed by atoms with Crippen molar-refractivity contribution in [1.29, 1.82) is 0 Å². The van der Waals surface area contributed by atoms with Crippen LogP contribution in [0.1, 0.15) is 100.0 Å². The molecule has 0 aliphatic carbocycles. The lowest BCUT2D eigenvalue weighted by Gasteiger charge is -2.42. The minimum atomic E-state index is -2.25. The fourth-order valence-electron chi connectivity index (χ4n) is 12.2. The topological polar surface area (TPSA) is 113 Å². The normalized spacial score (nSPS) is 22.6. The monoisotopic (exact) mass is 918 g/mol. The first kappa shape index (κ1) is 44.0. The van der Waals surface area contributed by atoms with E-state index < -0.39 is 19.8 Å². The Labute approximate surface area is 384 Å². The van der Waals surface area contributed by atoms with Gasteiger partial charge in [0, 0.05) is 54.0 Å². The molecule has 4 saturated heterocycles. The van der Waals surface area contributed by atoms with E-state index in [1.807, 2.05) is 50.1 Å². The molecule has 65 heavy (non-hydrogen) atoms. The van der Waals surface area contributed by atoms with Crippen molar-refractivity contribution in [3.05, 3.63) is 48.0 Å². The van der Waals surface area contributed by atoms with Crippen molar-refractivity contribution in [1.82, 2.24) is 34.9 Å². The van der Waals surface area contributed by atoms with Gasteiger partial charge in [0.2, 0.25) is 0 Å². The summed E-state index contributed by atoms with van der Waals surface area (Å²) in [5.41, 5.74) is 6.56. The van der Waals surface area contributed by atoms with Crippen LogP contribution in [0.2, 0.25) is 16.6 Å². The van der Waals surface area contributed by atoms with Crippen LogP contribution in [0, 0.1) is 17.3 Å². The lowest BCUT2D eigenvalue weighted by molar-refractivity contribution is 0.0122. The number of benzene rings is 2. The Bertz CT molecular complexity index is 2880. The minimum Gasteiger partial charge on any atom is -0.461 e. The van der Waals surface area contributed by atoms with Crippen LogP contribution in [-0.2, 0) is 4.74 Å². The maximum absolute atomic E-state index is 16.6. The second kappa shape index (κ2) is 16.2. The largest absolute Gasteiger partial charge is 0.461 e. The van der Waals surface area contributed by atoms with E-state index in [-0.39, 0.29) is 35.5 Å². The molecule has 0 spiro atoms. The minimum absolute atomic E-state index is 0.0607. The number of anilines is 1. The summed E-state index contributed by atoms with van der Waals surface area (Å²) in [4.78, 5) is 36.2. The predicted octanol–water partition coefficient (Wildman–Crippen LogP) is 11.2. The highest BCUT2D eigenvalue weighted by atomic mass is 32.1. The van der Waals surface area contributed by atoms with Crippen molar-refractivity contribution < 1.29 is 23.0 Å². The highest BCUT2D eigenvalue weighted by Gasteiger charge is 2.50. The highest BCUT2D eigenvalue weighted by Crippen LogP contribution is 2.48. The molecule has 2 bridgehead atoms. The number of ether oxygens (including phenoxy) is 2. The van der Waals surface area contributed by atoms with Crippen LogP contribution in [0.15, 0.2) is 36.7 Å². The Hall–Kier alpha value is -4.91. The second-order valence-corrected chi connectivity index (χ2v) is 27.5. The number of fused-ring (bicyclic) bond motifs is 8. The van der Waals surface area contributed by atoms with Gasteiger partial charge in [-0.2, -0.15) is 15.1 Å². The number of hydrogen-bond donors (Lipinski definition) is 1. The van der Waals surface area contributed by atoms with Crippen LogP contribution in [0.25, 0.3) is 53.2 Å². The first-order chi connectivity index (χ1) is 31.0. The van der Waals surface area contributed by atoms with Crippen LogP contribution in [0.5, 0.6) is 6.01 Å². The molecule has 4 fully saturated rings. The van der Waals surface area contributed by atoms with Gasteiger partial charge in [0.1, 0.15) is 42.9 Å². The summed E-state index contributed by atoms with van der Waals surface area (Å²) in [7, 11) is -2.25. The van der Waals surface area contributed by atoms with E-state index in [2.05, 4.69) is 73.0 Å². The summed E-state index contributed by atoms with van der Waals surface area (Å²) in [5, 5.41) is 11.8. The van der Waals surface area contributed by atoms with Gasteiger partial charge in [-0.15, -0.1) is 16.9 Å². The standard InChI is InChI=1S/C50H60F2N8O3SSi/c1-28(2)65(29(3)4,30(5)6)20-16-35-38(52)14-11-31-21-39-37(23-54-57-39)41(40(31)35)43-44-36(15-18-53-43)42-45(58-25-33-12-13-34(26-58)60(33)48(61)63-49(7,8)9)55-47(56-46(42)64-44)62-27-50-17-10-19-59(50)24-32(51)22-50/h11,14-15,18,21,23,28-30,32-34H,10,12-13,17,19,22,24-27H2,1-9H3,(H,54,57)/t32-,33-,34+,50+/m1/s1. The third-order valence-electron chi connectivity index (χ3n) is 15.0. The average molecular weight is 919 g/mol. The number of aromatic amines is 1.